The minimum absolute atomic E-state index is 0.440. The van der Waals surface area contributed by atoms with Crippen molar-refractivity contribution in [3.8, 4) is 11.4 Å². The van der Waals surface area contributed by atoms with Gasteiger partial charge in [-0.3, -0.25) is 0 Å². The van der Waals surface area contributed by atoms with Gasteiger partial charge in [-0.05, 0) is 23.6 Å². The second kappa shape index (κ2) is 3.67. The van der Waals surface area contributed by atoms with E-state index in [0.717, 1.165) is 15.8 Å². The molecule has 3 aromatic rings. The Hall–Kier alpha value is -2.21. The summed E-state index contributed by atoms with van der Waals surface area (Å²) in [5.74, 6) is 1.51. The van der Waals surface area contributed by atoms with E-state index in [2.05, 4.69) is 15.0 Å². The highest BCUT2D eigenvalue weighted by Gasteiger charge is 2.08. The predicted molar refractivity (Wildman–Crippen MR) is 69.5 cm³/mol. The third kappa shape index (κ3) is 1.68. The molecule has 0 unspecified atom stereocenters. The zero-order chi connectivity index (χ0) is 11.8. The first-order valence-electron chi connectivity index (χ1n) is 4.96. The molecule has 0 radical (unpaired) electrons. The summed E-state index contributed by atoms with van der Waals surface area (Å²) in [7, 11) is 0. The molecule has 0 aliphatic rings. The number of hydrogen-bond acceptors (Lipinski definition) is 6. The zero-order valence-corrected chi connectivity index (χ0v) is 9.61. The maximum absolute atomic E-state index is 5.89. The van der Waals surface area contributed by atoms with Crippen LogP contribution in [0, 0.1) is 0 Å². The molecule has 0 saturated heterocycles. The highest BCUT2D eigenvalue weighted by molar-refractivity contribution is 7.17. The van der Waals surface area contributed by atoms with Gasteiger partial charge >= 0.3 is 0 Å². The van der Waals surface area contributed by atoms with Gasteiger partial charge in [-0.1, -0.05) is 0 Å². The molecule has 5 nitrogen and oxygen atoms in total. The van der Waals surface area contributed by atoms with Crippen molar-refractivity contribution in [3.05, 3.63) is 29.8 Å². The average molecular weight is 243 g/mol. The molecule has 84 valence electrons. The summed E-state index contributed by atoms with van der Waals surface area (Å²) in [5.41, 5.74) is 13.2. The van der Waals surface area contributed by atoms with Crippen LogP contribution in [0.3, 0.4) is 0 Å². The molecule has 0 aliphatic heterocycles. The summed E-state index contributed by atoms with van der Waals surface area (Å²) >= 11 is 1.53. The Morgan fingerprint density at radius 3 is 2.82 bits per heavy atom. The summed E-state index contributed by atoms with van der Waals surface area (Å²) in [6.07, 6.45) is 1.63. The SMILES string of the molecule is Nc1cc(-c2nc(N)c3sccc3n2)ccn1. The van der Waals surface area contributed by atoms with Crippen molar-refractivity contribution in [2.24, 2.45) is 0 Å². The fraction of sp³-hybridized carbons (Fsp3) is 0. The lowest BCUT2D eigenvalue weighted by molar-refractivity contribution is 1.23. The molecule has 0 aliphatic carbocycles. The van der Waals surface area contributed by atoms with Crippen LogP contribution in [0.25, 0.3) is 21.6 Å². The van der Waals surface area contributed by atoms with E-state index < -0.39 is 0 Å². The minimum atomic E-state index is 0.440. The minimum Gasteiger partial charge on any atom is -0.384 e. The van der Waals surface area contributed by atoms with Gasteiger partial charge < -0.3 is 11.5 Å². The molecule has 0 atom stereocenters. The Morgan fingerprint density at radius 2 is 2.00 bits per heavy atom. The molecule has 0 aromatic carbocycles. The second-order valence-electron chi connectivity index (χ2n) is 3.54. The molecule has 3 rings (SSSR count). The van der Waals surface area contributed by atoms with Gasteiger partial charge in [-0.15, -0.1) is 11.3 Å². The summed E-state index contributed by atoms with van der Waals surface area (Å²) in [6, 6.07) is 5.46. The quantitative estimate of drug-likeness (QED) is 0.681. The molecule has 6 heteroatoms. The fourth-order valence-corrected chi connectivity index (χ4v) is 2.34. The van der Waals surface area contributed by atoms with E-state index in [9.17, 15) is 0 Å². The maximum Gasteiger partial charge on any atom is 0.162 e. The molecule has 0 amide bonds. The lowest BCUT2D eigenvalue weighted by Gasteiger charge is -2.02. The van der Waals surface area contributed by atoms with E-state index in [1.54, 1.807) is 12.3 Å². The van der Waals surface area contributed by atoms with Gasteiger partial charge in [-0.25, -0.2) is 15.0 Å². The summed E-state index contributed by atoms with van der Waals surface area (Å²) in [6.45, 7) is 0. The van der Waals surface area contributed by atoms with E-state index in [-0.39, 0.29) is 0 Å². The second-order valence-corrected chi connectivity index (χ2v) is 4.45. The zero-order valence-electron chi connectivity index (χ0n) is 8.79. The number of nitrogens with two attached hydrogens (primary N) is 2. The number of hydrogen-bond donors (Lipinski definition) is 2. The van der Waals surface area contributed by atoms with Crippen molar-refractivity contribution >= 4 is 33.2 Å². The van der Waals surface area contributed by atoms with Crippen molar-refractivity contribution in [2.75, 3.05) is 11.5 Å². The van der Waals surface area contributed by atoms with Gasteiger partial charge in [0.05, 0.1) is 10.2 Å². The van der Waals surface area contributed by atoms with Crippen LogP contribution in [-0.2, 0) is 0 Å². The van der Waals surface area contributed by atoms with Crippen LogP contribution in [-0.4, -0.2) is 15.0 Å². The lowest BCUT2D eigenvalue weighted by atomic mass is 10.2. The standard InChI is InChI=1S/C11H9N5S/c12-8-5-6(1-3-14-8)11-15-7-2-4-17-9(7)10(13)16-11/h1-5H,(H2,12,14)(H2,13,15,16). The first kappa shape index (κ1) is 9.98. The Bertz CT molecular complexity index is 691. The smallest absolute Gasteiger partial charge is 0.162 e. The number of rotatable bonds is 1. The summed E-state index contributed by atoms with van der Waals surface area (Å²) in [5, 5.41) is 1.94. The van der Waals surface area contributed by atoms with E-state index in [1.807, 2.05) is 17.5 Å². The molecule has 17 heavy (non-hydrogen) atoms. The van der Waals surface area contributed by atoms with E-state index in [1.165, 1.54) is 11.3 Å². The Kier molecular flexibility index (Phi) is 2.15. The van der Waals surface area contributed by atoms with Gasteiger partial charge in [0.1, 0.15) is 11.6 Å². The first-order valence-corrected chi connectivity index (χ1v) is 5.84. The van der Waals surface area contributed by atoms with Crippen LogP contribution >= 0.6 is 11.3 Å². The monoisotopic (exact) mass is 243 g/mol. The fourth-order valence-electron chi connectivity index (χ4n) is 1.60. The highest BCUT2D eigenvalue weighted by Crippen LogP contribution is 2.27. The molecular weight excluding hydrogens is 234 g/mol. The number of fused-ring (bicyclic) bond motifs is 1. The van der Waals surface area contributed by atoms with Crippen molar-refractivity contribution in [2.45, 2.75) is 0 Å². The number of nitrogens with zero attached hydrogens (tertiary/aromatic N) is 3. The van der Waals surface area contributed by atoms with Crippen LogP contribution in [0.2, 0.25) is 0 Å². The van der Waals surface area contributed by atoms with Crippen molar-refractivity contribution in [1.29, 1.82) is 0 Å². The summed E-state index contributed by atoms with van der Waals surface area (Å²) in [4.78, 5) is 12.7. The summed E-state index contributed by atoms with van der Waals surface area (Å²) < 4.78 is 0.913. The van der Waals surface area contributed by atoms with Gasteiger partial charge in [0.2, 0.25) is 0 Å². The van der Waals surface area contributed by atoms with Gasteiger partial charge in [0.25, 0.3) is 0 Å². The van der Waals surface area contributed by atoms with E-state index in [4.69, 9.17) is 11.5 Å². The maximum atomic E-state index is 5.89. The highest BCUT2D eigenvalue weighted by atomic mass is 32.1. The molecule has 0 bridgehead atoms. The van der Waals surface area contributed by atoms with E-state index >= 15 is 0 Å². The van der Waals surface area contributed by atoms with Crippen LogP contribution in [0.15, 0.2) is 29.8 Å². The van der Waals surface area contributed by atoms with Crippen LogP contribution in [0.4, 0.5) is 11.6 Å². The molecule has 4 N–H and O–H groups in total. The molecular formula is C11H9N5S. The number of pyridine rings is 1. The van der Waals surface area contributed by atoms with Gasteiger partial charge in [-0.2, -0.15) is 0 Å². The van der Waals surface area contributed by atoms with Crippen LogP contribution in [0.5, 0.6) is 0 Å². The Balaban J connectivity index is 2.23. The average Bonchev–Trinajstić information content (AvgIpc) is 2.77. The van der Waals surface area contributed by atoms with Crippen molar-refractivity contribution in [1.82, 2.24) is 15.0 Å². The Morgan fingerprint density at radius 1 is 1.12 bits per heavy atom. The van der Waals surface area contributed by atoms with Crippen LogP contribution < -0.4 is 11.5 Å². The van der Waals surface area contributed by atoms with Gasteiger partial charge in [0, 0.05) is 11.8 Å². The molecule has 3 heterocycles. The third-order valence-corrected chi connectivity index (χ3v) is 3.30. The van der Waals surface area contributed by atoms with Crippen LogP contribution in [0.1, 0.15) is 0 Å². The topological polar surface area (TPSA) is 90.7 Å². The molecule has 0 fully saturated rings. The van der Waals surface area contributed by atoms with Crippen molar-refractivity contribution in [3.63, 3.8) is 0 Å². The largest absolute Gasteiger partial charge is 0.384 e. The Labute approximate surface area is 101 Å². The van der Waals surface area contributed by atoms with Crippen molar-refractivity contribution < 1.29 is 0 Å². The lowest BCUT2D eigenvalue weighted by Crippen LogP contribution is -1.97. The molecule has 0 saturated carbocycles. The number of nitrogen functional groups attached to an aromatic ring is 2. The molecule has 3 aromatic heterocycles. The number of anilines is 2. The van der Waals surface area contributed by atoms with E-state index in [0.29, 0.717) is 17.5 Å². The normalized spacial score (nSPS) is 10.8. The number of thiophene rings is 1. The molecule has 0 spiro atoms. The number of aromatic nitrogens is 3. The third-order valence-electron chi connectivity index (χ3n) is 2.37. The van der Waals surface area contributed by atoms with Gasteiger partial charge in [0.15, 0.2) is 5.82 Å². The predicted octanol–water partition coefficient (Wildman–Crippen LogP) is 1.92. The first-order chi connectivity index (χ1) is 8.24.